The first kappa shape index (κ1) is 23.4. The van der Waals surface area contributed by atoms with E-state index in [2.05, 4.69) is 37.4 Å². The summed E-state index contributed by atoms with van der Waals surface area (Å²) in [6, 6.07) is 28.9. The Balaban J connectivity index is 1.50. The van der Waals surface area contributed by atoms with E-state index in [9.17, 15) is 4.79 Å². The molecule has 34 heavy (non-hydrogen) atoms. The molecular formula is C29H26ClNO3. The van der Waals surface area contributed by atoms with Gasteiger partial charge in [-0.05, 0) is 71.1 Å². The number of hydrogen-bond acceptors (Lipinski definition) is 4. The van der Waals surface area contributed by atoms with E-state index in [-0.39, 0.29) is 0 Å². The maximum Gasteiger partial charge on any atom is 0.339 e. The predicted octanol–water partition coefficient (Wildman–Crippen LogP) is 8.45. The Labute approximate surface area is 205 Å². The highest BCUT2D eigenvalue weighted by Crippen LogP contribution is 2.36. The molecule has 0 aliphatic rings. The Hall–Kier alpha value is -3.76. The molecule has 5 heteroatoms. The Kier molecular flexibility index (Phi) is 7.19. The van der Waals surface area contributed by atoms with Gasteiger partial charge in [-0.25, -0.2) is 4.79 Å². The van der Waals surface area contributed by atoms with Crippen molar-refractivity contribution in [3.63, 3.8) is 0 Å². The van der Waals surface area contributed by atoms with Gasteiger partial charge >= 0.3 is 5.97 Å². The van der Waals surface area contributed by atoms with E-state index in [0.29, 0.717) is 33.7 Å². The van der Waals surface area contributed by atoms with Gasteiger partial charge in [-0.1, -0.05) is 67.9 Å². The quantitative estimate of drug-likeness (QED) is 0.274. The van der Waals surface area contributed by atoms with Crippen molar-refractivity contribution in [1.82, 2.24) is 0 Å². The molecule has 0 aliphatic carbocycles. The van der Waals surface area contributed by atoms with Gasteiger partial charge in [0.15, 0.2) is 0 Å². The molecule has 4 nitrogen and oxygen atoms in total. The molecule has 0 fully saturated rings. The zero-order valence-corrected chi connectivity index (χ0v) is 20.1. The number of para-hydroxylation sites is 1. The van der Waals surface area contributed by atoms with Crippen molar-refractivity contribution in [3.05, 3.63) is 107 Å². The minimum Gasteiger partial charge on any atom is -0.465 e. The molecule has 0 saturated heterocycles. The number of carbonyl (C=O) groups excluding carboxylic acids is 1. The molecule has 0 heterocycles. The number of methoxy groups -OCH3 is 1. The van der Waals surface area contributed by atoms with E-state index in [1.807, 2.05) is 60.7 Å². The fourth-order valence-corrected chi connectivity index (χ4v) is 4.00. The number of carbonyl (C=O) groups is 1. The molecule has 0 atom stereocenters. The van der Waals surface area contributed by atoms with E-state index >= 15 is 0 Å². The molecular weight excluding hydrogens is 446 g/mol. The standard InChI is InChI=1S/C29H26ClNO3/c1-19(2)23-8-4-5-9-24(23)20-12-17-28(26(30)18-20)34-22-15-13-21(14-16-22)31-27-11-7-6-10-25(27)29(32)33-3/h4-19,31H,1-3H3. The molecule has 4 rings (SSSR count). The zero-order valence-electron chi connectivity index (χ0n) is 19.3. The number of esters is 1. The molecule has 0 aliphatic heterocycles. The molecule has 0 radical (unpaired) electrons. The predicted molar refractivity (Wildman–Crippen MR) is 139 cm³/mol. The second kappa shape index (κ2) is 10.4. The number of rotatable bonds is 7. The summed E-state index contributed by atoms with van der Waals surface area (Å²) in [4.78, 5) is 12.0. The monoisotopic (exact) mass is 471 g/mol. The molecule has 4 aromatic carbocycles. The van der Waals surface area contributed by atoms with Gasteiger partial charge in [0, 0.05) is 5.69 Å². The van der Waals surface area contributed by atoms with E-state index in [4.69, 9.17) is 21.1 Å². The zero-order chi connectivity index (χ0) is 24.1. The smallest absolute Gasteiger partial charge is 0.339 e. The molecule has 0 spiro atoms. The third-order valence-electron chi connectivity index (χ3n) is 5.52. The van der Waals surface area contributed by atoms with E-state index in [1.165, 1.54) is 18.2 Å². The lowest BCUT2D eigenvalue weighted by atomic mass is 9.93. The summed E-state index contributed by atoms with van der Waals surface area (Å²) >= 11 is 6.58. The van der Waals surface area contributed by atoms with Crippen LogP contribution < -0.4 is 10.1 Å². The minimum atomic E-state index is -0.392. The van der Waals surface area contributed by atoms with Gasteiger partial charge in [-0.3, -0.25) is 0 Å². The van der Waals surface area contributed by atoms with Crippen LogP contribution in [0.1, 0.15) is 35.7 Å². The van der Waals surface area contributed by atoms with Crippen LogP contribution in [-0.4, -0.2) is 13.1 Å². The summed E-state index contributed by atoms with van der Waals surface area (Å²) in [6.45, 7) is 4.37. The van der Waals surface area contributed by atoms with Crippen LogP contribution in [0.15, 0.2) is 91.0 Å². The SMILES string of the molecule is COC(=O)c1ccccc1Nc1ccc(Oc2ccc(-c3ccccc3C(C)C)cc2Cl)cc1. The molecule has 0 unspecified atom stereocenters. The highest BCUT2D eigenvalue weighted by atomic mass is 35.5. The van der Waals surface area contributed by atoms with E-state index in [1.54, 1.807) is 12.1 Å². The van der Waals surface area contributed by atoms with Crippen molar-refractivity contribution < 1.29 is 14.3 Å². The molecule has 0 bridgehead atoms. The van der Waals surface area contributed by atoms with Crippen molar-refractivity contribution in [2.45, 2.75) is 19.8 Å². The van der Waals surface area contributed by atoms with Gasteiger partial charge in [0.25, 0.3) is 0 Å². The summed E-state index contributed by atoms with van der Waals surface area (Å²) in [7, 11) is 1.37. The highest BCUT2D eigenvalue weighted by molar-refractivity contribution is 6.32. The van der Waals surface area contributed by atoms with Crippen LogP contribution in [0, 0.1) is 0 Å². The number of ether oxygens (including phenoxy) is 2. The number of benzene rings is 4. The highest BCUT2D eigenvalue weighted by Gasteiger charge is 2.12. The summed E-state index contributed by atoms with van der Waals surface area (Å²) in [5.41, 5.74) is 5.47. The van der Waals surface area contributed by atoms with Crippen molar-refractivity contribution in [2.75, 3.05) is 12.4 Å². The van der Waals surface area contributed by atoms with Gasteiger partial charge in [0.2, 0.25) is 0 Å². The molecule has 172 valence electrons. The second-order valence-electron chi connectivity index (χ2n) is 8.18. The maximum atomic E-state index is 12.0. The topological polar surface area (TPSA) is 47.6 Å². The Morgan fingerprint density at radius 1 is 0.882 bits per heavy atom. The first-order valence-electron chi connectivity index (χ1n) is 11.1. The fourth-order valence-electron chi connectivity index (χ4n) is 3.78. The lowest BCUT2D eigenvalue weighted by Gasteiger charge is -2.15. The van der Waals surface area contributed by atoms with Gasteiger partial charge in [-0.2, -0.15) is 0 Å². The van der Waals surface area contributed by atoms with Crippen molar-refractivity contribution in [1.29, 1.82) is 0 Å². The average Bonchev–Trinajstić information content (AvgIpc) is 2.86. The summed E-state index contributed by atoms with van der Waals surface area (Å²) in [6.07, 6.45) is 0. The Bertz CT molecular complexity index is 1300. The van der Waals surface area contributed by atoms with Crippen molar-refractivity contribution in [2.24, 2.45) is 0 Å². The van der Waals surface area contributed by atoms with E-state index in [0.717, 1.165) is 11.3 Å². The normalized spacial score (nSPS) is 10.7. The van der Waals surface area contributed by atoms with Crippen LogP contribution in [0.5, 0.6) is 11.5 Å². The Morgan fingerprint density at radius 2 is 1.59 bits per heavy atom. The van der Waals surface area contributed by atoms with Gasteiger partial charge < -0.3 is 14.8 Å². The number of nitrogens with one attached hydrogen (secondary N) is 1. The third-order valence-corrected chi connectivity index (χ3v) is 5.81. The molecule has 0 amide bonds. The van der Waals surface area contributed by atoms with Crippen LogP contribution in [0.25, 0.3) is 11.1 Å². The van der Waals surface area contributed by atoms with Gasteiger partial charge in [0.1, 0.15) is 11.5 Å². The van der Waals surface area contributed by atoms with Crippen molar-refractivity contribution >= 4 is 28.9 Å². The minimum absolute atomic E-state index is 0.392. The van der Waals surface area contributed by atoms with Crippen LogP contribution in [0.4, 0.5) is 11.4 Å². The number of halogens is 1. The van der Waals surface area contributed by atoms with Crippen LogP contribution >= 0.6 is 11.6 Å². The van der Waals surface area contributed by atoms with Crippen LogP contribution in [0.2, 0.25) is 5.02 Å². The fraction of sp³-hybridized carbons (Fsp3) is 0.138. The van der Waals surface area contributed by atoms with Crippen LogP contribution in [-0.2, 0) is 4.74 Å². The average molecular weight is 472 g/mol. The lowest BCUT2D eigenvalue weighted by molar-refractivity contribution is 0.0602. The Morgan fingerprint density at radius 3 is 2.29 bits per heavy atom. The van der Waals surface area contributed by atoms with Gasteiger partial charge in [0.05, 0.1) is 23.4 Å². The summed E-state index contributed by atoms with van der Waals surface area (Å²) in [5, 5.41) is 3.79. The van der Waals surface area contributed by atoms with Crippen LogP contribution in [0.3, 0.4) is 0 Å². The first-order chi connectivity index (χ1) is 16.5. The van der Waals surface area contributed by atoms with E-state index < -0.39 is 5.97 Å². The van der Waals surface area contributed by atoms with Gasteiger partial charge in [-0.15, -0.1) is 0 Å². The largest absolute Gasteiger partial charge is 0.465 e. The maximum absolute atomic E-state index is 12.0. The number of hydrogen-bond donors (Lipinski definition) is 1. The first-order valence-corrected chi connectivity index (χ1v) is 11.4. The van der Waals surface area contributed by atoms with Crippen molar-refractivity contribution in [3.8, 4) is 22.6 Å². The summed E-state index contributed by atoms with van der Waals surface area (Å²) in [5.74, 6) is 1.27. The third kappa shape index (κ3) is 5.24. The molecule has 4 aromatic rings. The summed E-state index contributed by atoms with van der Waals surface area (Å²) < 4.78 is 10.9. The molecule has 0 saturated carbocycles. The molecule has 0 aromatic heterocycles. The molecule has 1 N–H and O–H groups in total. The second-order valence-corrected chi connectivity index (χ2v) is 8.58. The number of anilines is 2. The lowest BCUT2D eigenvalue weighted by Crippen LogP contribution is -2.05.